The van der Waals surface area contributed by atoms with Crippen LogP contribution >= 0.6 is 11.3 Å². The summed E-state index contributed by atoms with van der Waals surface area (Å²) in [5.41, 5.74) is 1.85. The highest BCUT2D eigenvalue weighted by molar-refractivity contribution is 7.11. The first-order valence-electron chi connectivity index (χ1n) is 5.77. The van der Waals surface area contributed by atoms with E-state index in [4.69, 9.17) is 0 Å². The smallest absolute Gasteiger partial charge is 0.288 e. The highest BCUT2D eigenvalue weighted by Crippen LogP contribution is 2.34. The van der Waals surface area contributed by atoms with E-state index in [0.717, 1.165) is 16.6 Å². The fourth-order valence-corrected chi connectivity index (χ4v) is 2.80. The van der Waals surface area contributed by atoms with E-state index in [1.165, 1.54) is 17.4 Å². The fraction of sp³-hybridized carbons (Fsp3) is 0.0769. The molecule has 0 aliphatic carbocycles. The number of rotatable bonds is 2. The Labute approximate surface area is 117 Å². The van der Waals surface area contributed by atoms with Crippen molar-refractivity contribution in [1.82, 2.24) is 4.98 Å². The molecule has 100 valence electrons. The van der Waals surface area contributed by atoms with Crippen molar-refractivity contribution in [1.29, 1.82) is 0 Å². The van der Waals surface area contributed by atoms with E-state index in [2.05, 4.69) is 10.3 Å². The molecule has 0 aromatic carbocycles. The summed E-state index contributed by atoms with van der Waals surface area (Å²) in [6.07, 6.45) is 2.86. The second-order valence-corrected chi connectivity index (χ2v) is 5.33. The maximum atomic E-state index is 11.9. The van der Waals surface area contributed by atoms with Crippen molar-refractivity contribution in [2.75, 3.05) is 5.32 Å². The summed E-state index contributed by atoms with van der Waals surface area (Å²) in [6, 6.07) is 3.32. The van der Waals surface area contributed by atoms with Crippen LogP contribution in [0.25, 0.3) is 11.6 Å². The predicted molar refractivity (Wildman–Crippen MR) is 76.4 cm³/mol. The van der Waals surface area contributed by atoms with Crippen LogP contribution in [0.3, 0.4) is 0 Å². The minimum absolute atomic E-state index is 0.131. The van der Waals surface area contributed by atoms with Gasteiger partial charge in [-0.2, -0.15) is 0 Å². The molecule has 6 nitrogen and oxygen atoms in total. The molecule has 0 saturated carbocycles. The lowest BCUT2D eigenvalue weighted by Crippen LogP contribution is -2.04. The van der Waals surface area contributed by atoms with E-state index in [0.29, 0.717) is 17.0 Å². The van der Waals surface area contributed by atoms with Crippen LogP contribution in [0, 0.1) is 17.0 Å². The molecule has 0 saturated heterocycles. The Hall–Kier alpha value is -2.54. The summed E-state index contributed by atoms with van der Waals surface area (Å²) in [5.74, 6) is 0.0687. The van der Waals surface area contributed by atoms with Crippen molar-refractivity contribution >= 4 is 40.4 Å². The fourth-order valence-electron chi connectivity index (χ4n) is 1.97. The van der Waals surface area contributed by atoms with Crippen molar-refractivity contribution in [3.8, 4) is 0 Å². The SMILES string of the molecule is Cc1csc(C=C2C(=O)Nc3ncc([N+](=O)[O-])cc32)c1. The van der Waals surface area contributed by atoms with Crippen LogP contribution in [0.2, 0.25) is 0 Å². The third-order valence-electron chi connectivity index (χ3n) is 2.89. The molecule has 0 fully saturated rings. The van der Waals surface area contributed by atoms with Crippen molar-refractivity contribution in [3.05, 3.63) is 49.8 Å². The van der Waals surface area contributed by atoms with Crippen molar-refractivity contribution in [2.24, 2.45) is 0 Å². The van der Waals surface area contributed by atoms with Crippen LogP contribution in [-0.4, -0.2) is 15.8 Å². The van der Waals surface area contributed by atoms with E-state index in [-0.39, 0.29) is 11.6 Å². The quantitative estimate of drug-likeness (QED) is 0.523. The number of nitrogens with one attached hydrogen (secondary N) is 1. The lowest BCUT2D eigenvalue weighted by atomic mass is 10.1. The number of nitro groups is 1. The minimum atomic E-state index is -0.525. The average Bonchev–Trinajstić information content (AvgIpc) is 2.94. The van der Waals surface area contributed by atoms with Gasteiger partial charge in [-0.05, 0) is 30.0 Å². The van der Waals surface area contributed by atoms with Gasteiger partial charge in [-0.25, -0.2) is 4.98 Å². The molecule has 0 spiro atoms. The number of hydrogen-bond acceptors (Lipinski definition) is 5. The highest BCUT2D eigenvalue weighted by atomic mass is 32.1. The van der Waals surface area contributed by atoms with Gasteiger partial charge in [0.1, 0.15) is 12.0 Å². The molecule has 0 bridgehead atoms. The van der Waals surface area contributed by atoms with E-state index in [1.807, 2.05) is 18.4 Å². The van der Waals surface area contributed by atoms with Gasteiger partial charge in [0.2, 0.25) is 0 Å². The molecule has 1 N–H and O–H groups in total. The molecule has 3 rings (SSSR count). The van der Waals surface area contributed by atoms with Crippen LogP contribution in [0.15, 0.2) is 23.7 Å². The van der Waals surface area contributed by atoms with Gasteiger partial charge in [0, 0.05) is 16.5 Å². The Morgan fingerprint density at radius 1 is 1.45 bits per heavy atom. The molecule has 0 unspecified atom stereocenters. The number of amides is 1. The molecule has 1 amide bonds. The normalized spacial score (nSPS) is 15.2. The van der Waals surface area contributed by atoms with Gasteiger partial charge in [0.05, 0.1) is 10.5 Å². The molecule has 1 aliphatic rings. The third-order valence-corrected chi connectivity index (χ3v) is 3.89. The van der Waals surface area contributed by atoms with Gasteiger partial charge < -0.3 is 5.32 Å². The topological polar surface area (TPSA) is 85.1 Å². The van der Waals surface area contributed by atoms with Gasteiger partial charge in [-0.15, -0.1) is 11.3 Å². The number of nitrogens with zero attached hydrogens (tertiary/aromatic N) is 2. The Bertz CT molecular complexity index is 764. The summed E-state index contributed by atoms with van der Waals surface area (Å²) in [7, 11) is 0. The summed E-state index contributed by atoms with van der Waals surface area (Å²) >= 11 is 1.51. The highest BCUT2D eigenvalue weighted by Gasteiger charge is 2.27. The van der Waals surface area contributed by atoms with E-state index >= 15 is 0 Å². The first kappa shape index (κ1) is 12.5. The molecule has 0 atom stereocenters. The van der Waals surface area contributed by atoms with Crippen LogP contribution in [-0.2, 0) is 4.79 Å². The monoisotopic (exact) mass is 287 g/mol. The minimum Gasteiger partial charge on any atom is -0.306 e. The first-order chi connectivity index (χ1) is 9.54. The van der Waals surface area contributed by atoms with E-state index < -0.39 is 4.92 Å². The van der Waals surface area contributed by atoms with Crippen LogP contribution < -0.4 is 5.32 Å². The molecule has 2 aromatic rings. The van der Waals surface area contributed by atoms with Crippen LogP contribution in [0.4, 0.5) is 11.5 Å². The number of pyridine rings is 1. The second-order valence-electron chi connectivity index (χ2n) is 4.39. The third kappa shape index (κ3) is 2.08. The van der Waals surface area contributed by atoms with Crippen LogP contribution in [0.1, 0.15) is 16.0 Å². The maximum Gasteiger partial charge on any atom is 0.288 e. The molecule has 20 heavy (non-hydrogen) atoms. The number of carbonyl (C=O) groups excluding carboxylic acids is 1. The molecule has 7 heteroatoms. The first-order valence-corrected chi connectivity index (χ1v) is 6.65. The van der Waals surface area contributed by atoms with Gasteiger partial charge >= 0.3 is 0 Å². The number of aromatic nitrogens is 1. The lowest BCUT2D eigenvalue weighted by Gasteiger charge is -1.97. The molecular weight excluding hydrogens is 278 g/mol. The summed E-state index contributed by atoms with van der Waals surface area (Å²) in [6.45, 7) is 1.97. The largest absolute Gasteiger partial charge is 0.306 e. The van der Waals surface area contributed by atoms with E-state index in [9.17, 15) is 14.9 Å². The lowest BCUT2D eigenvalue weighted by molar-refractivity contribution is -0.385. The van der Waals surface area contributed by atoms with Gasteiger partial charge in [-0.3, -0.25) is 14.9 Å². The number of thiophene rings is 1. The predicted octanol–water partition coefficient (Wildman–Crippen LogP) is 2.85. The molecule has 0 radical (unpaired) electrons. The summed E-state index contributed by atoms with van der Waals surface area (Å²) < 4.78 is 0. The Morgan fingerprint density at radius 2 is 2.25 bits per heavy atom. The number of anilines is 1. The van der Waals surface area contributed by atoms with Gasteiger partial charge in [0.15, 0.2) is 0 Å². The van der Waals surface area contributed by atoms with E-state index in [1.54, 1.807) is 6.08 Å². The number of aryl methyl sites for hydroxylation is 1. The number of hydrogen-bond donors (Lipinski definition) is 1. The van der Waals surface area contributed by atoms with Crippen molar-refractivity contribution in [3.63, 3.8) is 0 Å². The second kappa shape index (κ2) is 4.53. The van der Waals surface area contributed by atoms with Crippen molar-refractivity contribution < 1.29 is 9.72 Å². The summed E-state index contributed by atoms with van der Waals surface area (Å²) in [5, 5.41) is 15.4. The molecule has 1 aliphatic heterocycles. The Balaban J connectivity index is 2.10. The Morgan fingerprint density at radius 3 is 2.90 bits per heavy atom. The number of carbonyl (C=O) groups is 1. The standard InChI is InChI=1S/C13H9N3O3S/c1-7-2-9(20-6-7)4-11-10-3-8(16(18)19)5-14-12(10)15-13(11)17/h2-6H,1H3,(H,14,15,17). The molecule has 3 heterocycles. The Kier molecular flexibility index (Phi) is 2.83. The zero-order chi connectivity index (χ0) is 14.3. The van der Waals surface area contributed by atoms with Crippen molar-refractivity contribution in [2.45, 2.75) is 6.92 Å². The van der Waals surface area contributed by atoms with Gasteiger partial charge in [-0.1, -0.05) is 0 Å². The van der Waals surface area contributed by atoms with Gasteiger partial charge in [0.25, 0.3) is 11.6 Å². The zero-order valence-electron chi connectivity index (χ0n) is 10.4. The zero-order valence-corrected chi connectivity index (χ0v) is 11.2. The summed E-state index contributed by atoms with van der Waals surface area (Å²) in [4.78, 5) is 27.0. The molecule has 2 aromatic heterocycles. The number of fused-ring (bicyclic) bond motifs is 1. The maximum absolute atomic E-state index is 11.9. The average molecular weight is 287 g/mol. The molecular formula is C13H9N3O3S. The van der Waals surface area contributed by atoms with Crippen LogP contribution in [0.5, 0.6) is 0 Å².